The summed E-state index contributed by atoms with van der Waals surface area (Å²) < 4.78 is 27.5. The van der Waals surface area contributed by atoms with Crippen molar-refractivity contribution in [2.45, 2.75) is 45.3 Å². The third kappa shape index (κ3) is 2.94. The van der Waals surface area contributed by atoms with Crippen LogP contribution in [-0.4, -0.2) is 23.4 Å². The number of hydrogen-bond donors (Lipinski definition) is 0. The van der Waals surface area contributed by atoms with Crippen LogP contribution in [-0.2, 0) is 10.0 Å². The van der Waals surface area contributed by atoms with Gasteiger partial charge in [-0.15, -0.1) is 0 Å². The van der Waals surface area contributed by atoms with E-state index in [-0.39, 0.29) is 0 Å². The molecule has 0 saturated carbocycles. The first-order chi connectivity index (χ1) is 12.2. The summed E-state index contributed by atoms with van der Waals surface area (Å²) in [6.45, 7) is 7.89. The number of allylic oxidation sites excluding steroid dienone is 3. The molecule has 0 fully saturated rings. The Labute approximate surface area is 155 Å². The number of aromatic nitrogens is 1. The molecule has 5 heteroatoms. The highest BCUT2D eigenvalue weighted by atomic mass is 32.2. The van der Waals surface area contributed by atoms with E-state index in [1.807, 2.05) is 25.2 Å². The molecule has 0 amide bonds. The van der Waals surface area contributed by atoms with Crippen LogP contribution < -0.4 is 0 Å². The first-order valence-corrected chi connectivity index (χ1v) is 10.3. The number of fused-ring (bicyclic) bond motifs is 1. The van der Waals surface area contributed by atoms with Crippen LogP contribution in [0.2, 0.25) is 0 Å². The summed E-state index contributed by atoms with van der Waals surface area (Å²) in [7, 11) is -3.69. The molecule has 0 spiro atoms. The molecule has 138 valence electrons. The molecule has 0 N–H and O–H groups in total. The maximum absolute atomic E-state index is 13.6. The van der Waals surface area contributed by atoms with Crippen LogP contribution in [0.15, 0.2) is 48.2 Å². The minimum atomic E-state index is -3.69. The molecule has 1 unspecified atom stereocenters. The molecule has 1 aliphatic rings. The van der Waals surface area contributed by atoms with E-state index in [0.29, 0.717) is 28.8 Å². The van der Waals surface area contributed by atoms with Crippen molar-refractivity contribution < 1.29 is 13.2 Å². The van der Waals surface area contributed by atoms with Crippen LogP contribution in [0, 0.1) is 12.8 Å². The first kappa shape index (κ1) is 18.6. The molecule has 26 heavy (non-hydrogen) atoms. The van der Waals surface area contributed by atoms with E-state index in [2.05, 4.69) is 13.8 Å². The number of carbonyl (C=O) groups is 1. The molecule has 1 aliphatic carbocycles. The van der Waals surface area contributed by atoms with Crippen LogP contribution in [0.1, 0.15) is 49.5 Å². The summed E-state index contributed by atoms with van der Waals surface area (Å²) >= 11 is 0. The molecule has 0 bridgehead atoms. The van der Waals surface area contributed by atoms with Gasteiger partial charge < -0.3 is 0 Å². The van der Waals surface area contributed by atoms with Gasteiger partial charge >= 0.3 is 0 Å². The Morgan fingerprint density at radius 2 is 2.00 bits per heavy atom. The van der Waals surface area contributed by atoms with Crippen LogP contribution in [0.3, 0.4) is 0 Å². The van der Waals surface area contributed by atoms with Crippen molar-refractivity contribution in [1.82, 2.24) is 3.97 Å². The van der Waals surface area contributed by atoms with Crippen molar-refractivity contribution in [2.24, 2.45) is 5.92 Å². The minimum Gasteiger partial charge on any atom is -0.298 e. The SMILES string of the molecule is Cc1ccc(C=O)c2ccn(S(=O)(=O)C3(C)C=C(CC(C)C)C=CC3)c12. The van der Waals surface area contributed by atoms with Crippen molar-refractivity contribution in [3.8, 4) is 0 Å². The predicted molar refractivity (Wildman–Crippen MR) is 106 cm³/mol. The zero-order chi connectivity index (χ0) is 19.1. The molecule has 1 aromatic carbocycles. The highest BCUT2D eigenvalue weighted by molar-refractivity contribution is 7.91. The fraction of sp³-hybridized carbons (Fsp3) is 0.381. The fourth-order valence-electron chi connectivity index (χ4n) is 3.67. The molecule has 0 aliphatic heterocycles. The smallest absolute Gasteiger partial charge is 0.248 e. The summed E-state index contributed by atoms with van der Waals surface area (Å²) in [5, 5.41) is 0.671. The number of aldehydes is 1. The lowest BCUT2D eigenvalue weighted by molar-refractivity contribution is 0.112. The lowest BCUT2D eigenvalue weighted by atomic mass is 9.92. The largest absolute Gasteiger partial charge is 0.298 e. The minimum absolute atomic E-state index is 0.434. The zero-order valence-electron chi connectivity index (χ0n) is 15.7. The summed E-state index contributed by atoms with van der Waals surface area (Å²) in [5.74, 6) is 0.459. The molecule has 4 nitrogen and oxygen atoms in total. The average molecular weight is 372 g/mol. The van der Waals surface area contributed by atoms with E-state index in [1.54, 1.807) is 31.3 Å². The maximum Gasteiger partial charge on any atom is 0.248 e. The van der Waals surface area contributed by atoms with E-state index in [9.17, 15) is 13.2 Å². The molecule has 1 aromatic heterocycles. The van der Waals surface area contributed by atoms with E-state index >= 15 is 0 Å². The van der Waals surface area contributed by atoms with Gasteiger partial charge in [-0.2, -0.15) is 0 Å². The van der Waals surface area contributed by atoms with Crippen LogP contribution in [0.25, 0.3) is 10.9 Å². The van der Waals surface area contributed by atoms with E-state index in [0.717, 1.165) is 23.8 Å². The van der Waals surface area contributed by atoms with Crippen LogP contribution in [0.5, 0.6) is 0 Å². The van der Waals surface area contributed by atoms with Gasteiger partial charge in [0.05, 0.1) is 5.52 Å². The van der Waals surface area contributed by atoms with Crippen molar-refractivity contribution >= 4 is 27.2 Å². The van der Waals surface area contributed by atoms with Crippen molar-refractivity contribution in [2.75, 3.05) is 0 Å². The summed E-state index contributed by atoms with van der Waals surface area (Å²) in [5.41, 5.74) is 2.98. The normalized spacial score (nSPS) is 20.6. The first-order valence-electron chi connectivity index (χ1n) is 8.89. The molecular weight excluding hydrogens is 346 g/mol. The maximum atomic E-state index is 13.6. The average Bonchev–Trinajstić information content (AvgIpc) is 3.01. The van der Waals surface area contributed by atoms with Gasteiger partial charge in [-0.25, -0.2) is 12.4 Å². The molecule has 3 rings (SSSR count). The highest BCUT2D eigenvalue weighted by Gasteiger charge is 2.40. The van der Waals surface area contributed by atoms with Gasteiger partial charge in [0, 0.05) is 17.1 Å². The second kappa shape index (κ2) is 6.54. The molecule has 1 heterocycles. The van der Waals surface area contributed by atoms with E-state index in [1.165, 1.54) is 3.97 Å². The second-order valence-corrected chi connectivity index (χ2v) is 9.98. The van der Waals surface area contributed by atoms with Gasteiger partial charge in [0.25, 0.3) is 0 Å². The van der Waals surface area contributed by atoms with Crippen molar-refractivity contribution in [1.29, 1.82) is 0 Å². The van der Waals surface area contributed by atoms with E-state index in [4.69, 9.17) is 0 Å². The fourth-order valence-corrected chi connectivity index (χ4v) is 5.43. The number of nitrogens with zero attached hydrogens (tertiary/aromatic N) is 1. The van der Waals surface area contributed by atoms with Crippen LogP contribution >= 0.6 is 0 Å². The number of carbonyl (C=O) groups excluding carboxylic acids is 1. The quantitative estimate of drug-likeness (QED) is 0.720. The third-order valence-electron chi connectivity index (χ3n) is 5.01. The predicted octanol–water partition coefficient (Wildman–Crippen LogP) is 4.63. The van der Waals surface area contributed by atoms with Crippen molar-refractivity contribution in [3.05, 3.63) is 59.3 Å². The van der Waals surface area contributed by atoms with Crippen LogP contribution in [0.4, 0.5) is 0 Å². The topological polar surface area (TPSA) is 56.1 Å². The van der Waals surface area contributed by atoms with Gasteiger partial charge in [0.15, 0.2) is 6.29 Å². The number of benzene rings is 1. The van der Waals surface area contributed by atoms with Gasteiger partial charge in [-0.1, -0.05) is 49.8 Å². The number of hydrogen-bond acceptors (Lipinski definition) is 3. The number of rotatable bonds is 5. The molecule has 0 saturated heterocycles. The standard InChI is InChI=1S/C21H25NO3S/c1-15(2)12-17-6-5-10-21(4,13-17)26(24,25)22-11-9-19-18(14-23)8-7-16(3)20(19)22/h5-9,11,13-15H,10,12H2,1-4H3. The Morgan fingerprint density at radius 3 is 2.65 bits per heavy atom. The summed E-state index contributed by atoms with van der Waals surface area (Å²) in [6, 6.07) is 5.24. The number of aryl methyl sites for hydroxylation is 1. The highest BCUT2D eigenvalue weighted by Crippen LogP contribution is 2.35. The lowest BCUT2D eigenvalue weighted by Crippen LogP contribution is -2.38. The lowest BCUT2D eigenvalue weighted by Gasteiger charge is -2.29. The van der Waals surface area contributed by atoms with Gasteiger partial charge in [-0.3, -0.25) is 4.79 Å². The Hall–Kier alpha value is -2.14. The van der Waals surface area contributed by atoms with Gasteiger partial charge in [-0.05, 0) is 44.2 Å². The molecular formula is C21H25NO3S. The third-order valence-corrected chi connectivity index (χ3v) is 7.30. The zero-order valence-corrected chi connectivity index (χ0v) is 16.5. The summed E-state index contributed by atoms with van der Waals surface area (Å²) in [6.07, 6.45) is 9.49. The monoisotopic (exact) mass is 371 g/mol. The Kier molecular flexibility index (Phi) is 4.69. The van der Waals surface area contributed by atoms with Gasteiger partial charge in [0.2, 0.25) is 10.0 Å². The van der Waals surface area contributed by atoms with E-state index < -0.39 is 14.8 Å². The molecule has 0 radical (unpaired) electrons. The Bertz CT molecular complexity index is 1020. The molecule has 2 aromatic rings. The van der Waals surface area contributed by atoms with Gasteiger partial charge in [0.1, 0.15) is 4.75 Å². The molecule has 1 atom stereocenters. The van der Waals surface area contributed by atoms with Crippen molar-refractivity contribution in [3.63, 3.8) is 0 Å². The Balaban J connectivity index is 2.17. The second-order valence-electron chi connectivity index (χ2n) is 7.70. The Morgan fingerprint density at radius 1 is 1.27 bits per heavy atom. The summed E-state index contributed by atoms with van der Waals surface area (Å²) in [4.78, 5) is 11.3.